The first-order valence-electron chi connectivity index (χ1n) is 12.6. The van der Waals surface area contributed by atoms with E-state index < -0.39 is 17.8 Å². The van der Waals surface area contributed by atoms with Crippen molar-refractivity contribution in [1.82, 2.24) is 0 Å². The zero-order valence-corrected chi connectivity index (χ0v) is 22.2. The van der Waals surface area contributed by atoms with Gasteiger partial charge in [0.1, 0.15) is 10.7 Å². The molecule has 4 aromatic carbocycles. The van der Waals surface area contributed by atoms with Crippen molar-refractivity contribution in [3.05, 3.63) is 113 Å². The topological polar surface area (TPSA) is 105 Å². The van der Waals surface area contributed by atoms with Crippen molar-refractivity contribution >= 4 is 63.1 Å². The van der Waals surface area contributed by atoms with Crippen molar-refractivity contribution in [1.29, 1.82) is 0 Å². The third-order valence-corrected chi connectivity index (χ3v) is 6.63. The van der Waals surface area contributed by atoms with Gasteiger partial charge in [0.05, 0.1) is 17.9 Å². The molecule has 0 aromatic heterocycles. The summed E-state index contributed by atoms with van der Waals surface area (Å²) in [5, 5.41) is 7.43. The van der Waals surface area contributed by atoms with Crippen molar-refractivity contribution in [3.63, 3.8) is 0 Å². The van der Waals surface area contributed by atoms with E-state index in [1.165, 1.54) is 12.1 Å². The number of hydrogen-bond acceptors (Lipinski definition) is 6. The number of anilines is 3. The Labute approximate surface area is 235 Å². The molecular weight excluding hydrogens is 530 g/mol. The Kier molecular flexibility index (Phi) is 7.61. The third kappa shape index (κ3) is 5.17. The number of carbonyl (C=O) groups is 4. The number of fused-ring (bicyclic) bond motifs is 1. The van der Waals surface area contributed by atoms with Gasteiger partial charge in [-0.15, -0.1) is 0 Å². The molecule has 1 aliphatic rings. The Bertz CT molecular complexity index is 1670. The number of rotatable bonds is 8. The quantitative estimate of drug-likeness (QED) is 0.202. The number of nitrogens with zero attached hydrogens (tertiary/aromatic N) is 1. The highest BCUT2D eigenvalue weighted by Crippen LogP contribution is 2.32. The third-order valence-electron chi connectivity index (χ3n) is 6.28. The lowest BCUT2D eigenvalue weighted by Gasteiger charge is -2.18. The van der Waals surface area contributed by atoms with Crippen LogP contribution in [0.25, 0.3) is 10.8 Å². The zero-order valence-electron chi connectivity index (χ0n) is 21.4. The number of esters is 1. The second-order valence-electron chi connectivity index (χ2n) is 8.97. The minimum absolute atomic E-state index is 0.0740. The first-order valence-corrected chi connectivity index (χ1v) is 13.0. The van der Waals surface area contributed by atoms with Crippen LogP contribution in [0.15, 0.2) is 102 Å². The number of hydrogen-bond donors (Lipinski definition) is 2. The molecule has 0 spiro atoms. The molecule has 5 rings (SSSR count). The van der Waals surface area contributed by atoms with Gasteiger partial charge >= 0.3 is 5.97 Å². The fourth-order valence-electron chi connectivity index (χ4n) is 4.32. The summed E-state index contributed by atoms with van der Waals surface area (Å²) < 4.78 is 5.20. The van der Waals surface area contributed by atoms with Crippen LogP contribution in [0.4, 0.5) is 17.1 Å². The summed E-state index contributed by atoms with van der Waals surface area (Å²) in [6.07, 6.45) is 0.626. The van der Waals surface area contributed by atoms with E-state index in [1.807, 2.05) is 49.4 Å². The Hall–Kier alpha value is -4.95. The number of carbonyl (C=O) groups excluding carboxylic acids is 4. The lowest BCUT2D eigenvalue weighted by molar-refractivity contribution is -0.120. The lowest BCUT2D eigenvalue weighted by Crippen LogP contribution is -2.33. The summed E-state index contributed by atoms with van der Waals surface area (Å²) in [7, 11) is 0. The molecule has 2 N–H and O–H groups in total. The monoisotopic (exact) mass is 553 g/mol. The van der Waals surface area contributed by atoms with Gasteiger partial charge in [-0.2, -0.15) is 0 Å². The van der Waals surface area contributed by atoms with Gasteiger partial charge in [-0.25, -0.2) is 9.69 Å². The van der Waals surface area contributed by atoms with E-state index in [0.717, 1.165) is 15.7 Å². The van der Waals surface area contributed by atoms with Gasteiger partial charge < -0.3 is 15.4 Å². The minimum Gasteiger partial charge on any atom is -0.462 e. The van der Waals surface area contributed by atoms with Crippen LogP contribution < -0.4 is 15.5 Å². The van der Waals surface area contributed by atoms with Crippen molar-refractivity contribution in [2.75, 3.05) is 22.1 Å². The van der Waals surface area contributed by atoms with E-state index in [-0.39, 0.29) is 34.5 Å². The molecule has 0 radical (unpaired) electrons. The highest BCUT2D eigenvalue weighted by Gasteiger charge is 2.40. The molecule has 0 atom stereocenters. The Morgan fingerprint density at radius 1 is 0.850 bits per heavy atom. The molecular formula is C31H24ClN3O5. The number of imide groups is 1. The molecule has 9 heteroatoms. The van der Waals surface area contributed by atoms with E-state index in [1.54, 1.807) is 36.4 Å². The predicted octanol–water partition coefficient (Wildman–Crippen LogP) is 6.09. The van der Waals surface area contributed by atoms with E-state index in [4.69, 9.17) is 16.3 Å². The average molecular weight is 554 g/mol. The summed E-state index contributed by atoms with van der Waals surface area (Å²) in [4.78, 5) is 52.6. The average Bonchev–Trinajstić information content (AvgIpc) is 3.19. The molecule has 1 heterocycles. The molecule has 0 unspecified atom stereocenters. The van der Waals surface area contributed by atoms with Gasteiger partial charge in [0.15, 0.2) is 0 Å². The first-order chi connectivity index (χ1) is 19.4. The smallest absolute Gasteiger partial charge is 0.340 e. The van der Waals surface area contributed by atoms with Crippen LogP contribution in [-0.2, 0) is 14.3 Å². The molecule has 0 fully saturated rings. The Balaban J connectivity index is 1.32. The highest BCUT2D eigenvalue weighted by atomic mass is 35.5. The van der Waals surface area contributed by atoms with E-state index >= 15 is 0 Å². The number of nitrogens with one attached hydrogen (secondary N) is 2. The standard InChI is InChI=1S/C31H24ClN3O5/c1-2-18-40-31(39)23-11-5-6-13-25(23)35-29(37)26(32)27(30(35)38)33-21-16-14-20(15-17-21)28(36)34-24-12-7-9-19-8-3-4-10-22(19)24/h3-17,33H,2,18H2,1H3,(H,34,36). The van der Waals surface area contributed by atoms with Crippen LogP contribution in [0, 0.1) is 0 Å². The predicted molar refractivity (Wildman–Crippen MR) is 154 cm³/mol. The van der Waals surface area contributed by atoms with Gasteiger partial charge in [0, 0.05) is 22.3 Å². The van der Waals surface area contributed by atoms with Crippen LogP contribution in [0.1, 0.15) is 34.1 Å². The van der Waals surface area contributed by atoms with Gasteiger partial charge in [-0.05, 0) is 54.3 Å². The maximum Gasteiger partial charge on any atom is 0.340 e. The minimum atomic E-state index is -0.768. The second kappa shape index (κ2) is 11.4. The summed E-state index contributed by atoms with van der Waals surface area (Å²) >= 11 is 6.28. The van der Waals surface area contributed by atoms with Crippen LogP contribution in [0.5, 0.6) is 0 Å². The molecule has 0 saturated carbocycles. The summed E-state index contributed by atoms with van der Waals surface area (Å²) in [6.45, 7) is 2.06. The summed E-state index contributed by atoms with van der Waals surface area (Å²) in [5.41, 5.74) is 1.54. The number of ether oxygens (including phenoxy) is 1. The van der Waals surface area contributed by atoms with E-state index in [2.05, 4.69) is 10.6 Å². The van der Waals surface area contributed by atoms with Gasteiger partial charge in [0.25, 0.3) is 17.7 Å². The zero-order chi connectivity index (χ0) is 28.2. The SMILES string of the molecule is CCCOC(=O)c1ccccc1N1C(=O)C(Cl)=C(Nc2ccc(C(=O)Nc3cccc4ccccc34)cc2)C1=O. The molecule has 4 aromatic rings. The number of para-hydroxylation sites is 1. The van der Waals surface area contributed by atoms with Gasteiger partial charge in [-0.1, -0.05) is 67.1 Å². The van der Waals surface area contributed by atoms with E-state index in [0.29, 0.717) is 23.4 Å². The largest absolute Gasteiger partial charge is 0.462 e. The fourth-order valence-corrected chi connectivity index (χ4v) is 4.53. The van der Waals surface area contributed by atoms with Crippen LogP contribution in [0.3, 0.4) is 0 Å². The van der Waals surface area contributed by atoms with Crippen LogP contribution >= 0.6 is 11.6 Å². The van der Waals surface area contributed by atoms with Gasteiger partial charge in [0.2, 0.25) is 0 Å². The summed E-state index contributed by atoms with van der Waals surface area (Å²) in [5.74, 6) is -2.43. The van der Waals surface area contributed by atoms with Crippen LogP contribution in [-0.4, -0.2) is 30.3 Å². The molecule has 8 nitrogen and oxygen atoms in total. The fraction of sp³-hybridized carbons (Fsp3) is 0.0968. The normalized spacial score (nSPS) is 13.1. The second-order valence-corrected chi connectivity index (χ2v) is 9.35. The lowest BCUT2D eigenvalue weighted by atomic mass is 10.1. The molecule has 0 bridgehead atoms. The molecule has 200 valence electrons. The summed E-state index contributed by atoms with van der Waals surface area (Å²) in [6, 6.07) is 26.0. The molecule has 0 saturated heterocycles. The van der Waals surface area contributed by atoms with Crippen molar-refractivity contribution in [2.45, 2.75) is 13.3 Å². The van der Waals surface area contributed by atoms with Crippen LogP contribution in [0.2, 0.25) is 0 Å². The number of benzene rings is 4. The Morgan fingerprint density at radius 2 is 1.55 bits per heavy atom. The molecule has 40 heavy (non-hydrogen) atoms. The maximum atomic E-state index is 13.3. The highest BCUT2D eigenvalue weighted by molar-refractivity contribution is 6.53. The number of halogens is 1. The van der Waals surface area contributed by atoms with E-state index in [9.17, 15) is 19.2 Å². The maximum absolute atomic E-state index is 13.3. The Morgan fingerprint density at radius 3 is 2.33 bits per heavy atom. The molecule has 1 aliphatic heterocycles. The molecule has 0 aliphatic carbocycles. The van der Waals surface area contributed by atoms with Crippen molar-refractivity contribution < 1.29 is 23.9 Å². The van der Waals surface area contributed by atoms with Crippen molar-refractivity contribution in [2.24, 2.45) is 0 Å². The van der Waals surface area contributed by atoms with Crippen molar-refractivity contribution in [3.8, 4) is 0 Å². The van der Waals surface area contributed by atoms with Gasteiger partial charge in [-0.3, -0.25) is 14.4 Å². The molecule has 3 amide bonds. The first kappa shape index (κ1) is 26.6. The number of amides is 3.